The lowest BCUT2D eigenvalue weighted by Gasteiger charge is -2.27. The molecule has 0 aromatic heterocycles. The normalized spacial score (nSPS) is 12.8. The van der Waals surface area contributed by atoms with Gasteiger partial charge in [-0.1, -0.05) is 6.92 Å². The zero-order valence-electron chi connectivity index (χ0n) is 13.8. The fourth-order valence-corrected chi connectivity index (χ4v) is 1.61. The molecule has 0 rings (SSSR count). The van der Waals surface area contributed by atoms with Crippen LogP contribution in [0.3, 0.4) is 0 Å². The maximum Gasteiger partial charge on any atom is 0.410 e. The van der Waals surface area contributed by atoms with Crippen LogP contribution in [-0.4, -0.2) is 67.7 Å². The molecule has 0 aromatic carbocycles. The molecule has 1 atom stereocenters. The first-order valence-corrected chi connectivity index (χ1v) is 6.98. The predicted molar refractivity (Wildman–Crippen MR) is 79.6 cm³/mol. The molecule has 0 spiro atoms. The van der Waals surface area contributed by atoms with Crippen molar-refractivity contribution in [3.8, 4) is 0 Å². The molecule has 1 N–H and O–H groups in total. The summed E-state index contributed by atoms with van der Waals surface area (Å²) in [7, 11) is 5.18. The van der Waals surface area contributed by atoms with Crippen molar-refractivity contribution in [2.24, 2.45) is 0 Å². The Labute approximate surface area is 122 Å². The Kier molecular flexibility index (Phi) is 7.57. The van der Waals surface area contributed by atoms with E-state index in [4.69, 9.17) is 4.74 Å². The van der Waals surface area contributed by atoms with E-state index in [-0.39, 0.29) is 18.0 Å². The van der Waals surface area contributed by atoms with Crippen molar-refractivity contribution in [1.82, 2.24) is 15.1 Å². The number of ether oxygens (including phenoxy) is 1. The molecule has 0 heterocycles. The lowest BCUT2D eigenvalue weighted by molar-refractivity contribution is -0.132. The van der Waals surface area contributed by atoms with Gasteiger partial charge in [-0.05, 0) is 34.2 Å². The third-order valence-corrected chi connectivity index (χ3v) is 2.91. The van der Waals surface area contributed by atoms with E-state index in [1.165, 1.54) is 4.90 Å². The number of hydrogen-bond acceptors (Lipinski definition) is 4. The minimum absolute atomic E-state index is 0.0348. The highest BCUT2D eigenvalue weighted by molar-refractivity contribution is 5.81. The highest BCUT2D eigenvalue weighted by Crippen LogP contribution is 2.09. The summed E-state index contributed by atoms with van der Waals surface area (Å²) < 4.78 is 5.25. The van der Waals surface area contributed by atoms with E-state index in [0.29, 0.717) is 13.1 Å². The number of nitrogens with one attached hydrogen (secondary N) is 1. The molecule has 20 heavy (non-hydrogen) atoms. The summed E-state index contributed by atoms with van der Waals surface area (Å²) >= 11 is 0. The number of carbonyl (C=O) groups is 2. The van der Waals surface area contributed by atoms with Crippen LogP contribution in [0.2, 0.25) is 0 Å². The summed E-state index contributed by atoms with van der Waals surface area (Å²) in [6.07, 6.45) is 0.362. The molecule has 118 valence electrons. The zero-order chi connectivity index (χ0) is 15.9. The van der Waals surface area contributed by atoms with Crippen molar-refractivity contribution in [1.29, 1.82) is 0 Å². The monoisotopic (exact) mass is 287 g/mol. The summed E-state index contributed by atoms with van der Waals surface area (Å²) in [4.78, 5) is 26.9. The minimum atomic E-state index is -0.507. The summed E-state index contributed by atoms with van der Waals surface area (Å²) in [6.45, 7) is 8.36. The molecule has 0 aliphatic heterocycles. The summed E-state index contributed by atoms with van der Waals surface area (Å²) in [6, 6.07) is -0.174. The van der Waals surface area contributed by atoms with Gasteiger partial charge in [-0.25, -0.2) is 4.79 Å². The third-order valence-electron chi connectivity index (χ3n) is 2.91. The first-order chi connectivity index (χ1) is 9.12. The Morgan fingerprint density at radius 2 is 1.65 bits per heavy atom. The Morgan fingerprint density at radius 1 is 1.15 bits per heavy atom. The fourth-order valence-electron chi connectivity index (χ4n) is 1.61. The van der Waals surface area contributed by atoms with E-state index in [2.05, 4.69) is 5.32 Å². The smallest absolute Gasteiger partial charge is 0.410 e. The molecule has 0 aliphatic carbocycles. The molecule has 0 aromatic rings. The molecular formula is C14H29N3O3. The molecule has 6 nitrogen and oxygen atoms in total. The first kappa shape index (κ1) is 18.7. The van der Waals surface area contributed by atoms with Gasteiger partial charge in [0.1, 0.15) is 5.60 Å². The Morgan fingerprint density at radius 3 is 2.05 bits per heavy atom. The predicted octanol–water partition coefficient (Wildman–Crippen LogP) is 1.31. The molecule has 0 radical (unpaired) electrons. The van der Waals surface area contributed by atoms with Crippen LogP contribution < -0.4 is 5.32 Å². The van der Waals surface area contributed by atoms with Crippen molar-refractivity contribution in [2.75, 3.05) is 34.2 Å². The van der Waals surface area contributed by atoms with E-state index in [9.17, 15) is 9.59 Å². The standard InChI is InChI=1S/C14H29N3O3/c1-8-11(15-5)12(18)16(6)9-10-17(7)13(19)20-14(2,3)4/h11,15H,8-10H2,1-7H3/t11-/m0/s1. The number of amides is 2. The van der Waals surface area contributed by atoms with Gasteiger partial charge >= 0.3 is 6.09 Å². The quantitative estimate of drug-likeness (QED) is 0.800. The van der Waals surface area contributed by atoms with Gasteiger partial charge in [-0.2, -0.15) is 0 Å². The van der Waals surface area contributed by atoms with Gasteiger partial charge in [0.15, 0.2) is 0 Å². The highest BCUT2D eigenvalue weighted by atomic mass is 16.6. The molecule has 0 saturated heterocycles. The zero-order valence-corrected chi connectivity index (χ0v) is 13.8. The molecule has 0 unspecified atom stereocenters. The Bertz CT molecular complexity index is 322. The third kappa shape index (κ3) is 6.75. The van der Waals surface area contributed by atoms with E-state index >= 15 is 0 Å². The number of carbonyl (C=O) groups excluding carboxylic acids is 2. The van der Waals surface area contributed by atoms with E-state index in [1.807, 2.05) is 27.7 Å². The average Bonchev–Trinajstić information content (AvgIpc) is 2.34. The van der Waals surface area contributed by atoms with Crippen molar-refractivity contribution >= 4 is 12.0 Å². The van der Waals surface area contributed by atoms with E-state index < -0.39 is 5.60 Å². The lowest BCUT2D eigenvalue weighted by atomic mass is 10.2. The Balaban J connectivity index is 4.27. The summed E-state index contributed by atoms with van der Waals surface area (Å²) in [5.41, 5.74) is -0.507. The maximum absolute atomic E-state index is 12.0. The summed E-state index contributed by atoms with van der Waals surface area (Å²) in [5, 5.41) is 2.98. The number of nitrogens with zero attached hydrogens (tertiary/aromatic N) is 2. The van der Waals surface area contributed by atoms with Crippen molar-refractivity contribution in [3.63, 3.8) is 0 Å². The van der Waals surface area contributed by atoms with Crippen molar-refractivity contribution < 1.29 is 14.3 Å². The molecule has 0 saturated carbocycles. The number of rotatable bonds is 6. The van der Waals surface area contributed by atoms with Gasteiger partial charge < -0.3 is 19.9 Å². The van der Waals surface area contributed by atoms with Crippen LogP contribution in [0.5, 0.6) is 0 Å². The van der Waals surface area contributed by atoms with Gasteiger partial charge in [0.05, 0.1) is 6.04 Å². The van der Waals surface area contributed by atoms with Crippen molar-refractivity contribution in [3.05, 3.63) is 0 Å². The Hall–Kier alpha value is -1.30. The van der Waals surface area contributed by atoms with Crippen LogP contribution in [0.1, 0.15) is 34.1 Å². The second-order valence-corrected chi connectivity index (χ2v) is 5.91. The average molecular weight is 287 g/mol. The largest absolute Gasteiger partial charge is 0.444 e. The lowest BCUT2D eigenvalue weighted by Crippen LogP contribution is -2.46. The van der Waals surface area contributed by atoms with Gasteiger partial charge in [0.25, 0.3) is 0 Å². The molecule has 0 aliphatic rings. The van der Waals surface area contributed by atoms with Crippen LogP contribution in [0.4, 0.5) is 4.79 Å². The summed E-state index contributed by atoms with van der Waals surface area (Å²) in [5.74, 6) is 0.0348. The molecule has 6 heteroatoms. The first-order valence-electron chi connectivity index (χ1n) is 6.98. The molecule has 0 fully saturated rings. The van der Waals surface area contributed by atoms with E-state index in [1.54, 1.807) is 26.0 Å². The van der Waals surface area contributed by atoms with Crippen LogP contribution >= 0.6 is 0 Å². The van der Waals surface area contributed by atoms with Gasteiger partial charge in [0.2, 0.25) is 5.91 Å². The van der Waals surface area contributed by atoms with Gasteiger partial charge in [-0.3, -0.25) is 4.79 Å². The van der Waals surface area contributed by atoms with Crippen LogP contribution in [-0.2, 0) is 9.53 Å². The van der Waals surface area contributed by atoms with Gasteiger partial charge in [-0.15, -0.1) is 0 Å². The second kappa shape index (κ2) is 8.09. The highest BCUT2D eigenvalue weighted by Gasteiger charge is 2.22. The minimum Gasteiger partial charge on any atom is -0.444 e. The topological polar surface area (TPSA) is 61.9 Å². The van der Waals surface area contributed by atoms with Crippen LogP contribution in [0, 0.1) is 0 Å². The second-order valence-electron chi connectivity index (χ2n) is 5.91. The van der Waals surface area contributed by atoms with Gasteiger partial charge in [0, 0.05) is 27.2 Å². The van der Waals surface area contributed by atoms with Crippen molar-refractivity contribution in [2.45, 2.75) is 45.8 Å². The molecular weight excluding hydrogens is 258 g/mol. The van der Waals surface area contributed by atoms with E-state index in [0.717, 1.165) is 6.42 Å². The molecule has 2 amide bonds. The SMILES string of the molecule is CC[C@H](NC)C(=O)N(C)CCN(C)C(=O)OC(C)(C)C. The number of hydrogen-bond donors (Lipinski definition) is 1. The maximum atomic E-state index is 12.0. The molecule has 0 bridgehead atoms. The number of likely N-dealkylation sites (N-methyl/N-ethyl adjacent to an activating group) is 3. The van der Waals surface area contributed by atoms with Crippen LogP contribution in [0.25, 0.3) is 0 Å². The fraction of sp³-hybridized carbons (Fsp3) is 0.857. The van der Waals surface area contributed by atoms with Crippen LogP contribution in [0.15, 0.2) is 0 Å².